The second kappa shape index (κ2) is 7.08. The highest BCUT2D eigenvalue weighted by molar-refractivity contribution is 7.11. The summed E-state index contributed by atoms with van der Waals surface area (Å²) in [4.78, 5) is 27.6. The number of aromatic nitrogens is 1. The highest BCUT2D eigenvalue weighted by atomic mass is 32.1. The Morgan fingerprint density at radius 2 is 2.16 bits per heavy atom. The van der Waals surface area contributed by atoms with Gasteiger partial charge in [0, 0.05) is 17.6 Å². The number of hydrogen-bond donors (Lipinski definition) is 3. The van der Waals surface area contributed by atoms with Crippen molar-refractivity contribution in [2.75, 3.05) is 6.54 Å². The molecule has 0 aliphatic rings. The van der Waals surface area contributed by atoms with E-state index >= 15 is 0 Å². The zero-order valence-corrected chi connectivity index (χ0v) is 12.1. The number of carboxylic acid groups (broad SMARTS) is 1. The van der Waals surface area contributed by atoms with E-state index < -0.39 is 11.9 Å². The molecule has 3 N–H and O–H groups in total. The molecule has 2 unspecified atom stereocenters. The van der Waals surface area contributed by atoms with E-state index in [1.807, 2.05) is 13.1 Å². The highest BCUT2D eigenvalue weighted by Gasteiger charge is 2.15. The van der Waals surface area contributed by atoms with Crippen molar-refractivity contribution in [1.82, 2.24) is 15.6 Å². The average molecular weight is 285 g/mol. The smallest absolute Gasteiger partial charge is 0.315 e. The minimum absolute atomic E-state index is 0.103. The third kappa shape index (κ3) is 4.86. The molecule has 106 valence electrons. The summed E-state index contributed by atoms with van der Waals surface area (Å²) >= 11 is 1.56. The molecular weight excluding hydrogens is 266 g/mol. The first kappa shape index (κ1) is 15.4. The normalized spacial score (nSPS) is 13.6. The predicted octanol–water partition coefficient (Wildman–Crippen LogP) is 1.79. The van der Waals surface area contributed by atoms with E-state index in [1.54, 1.807) is 18.3 Å². The van der Waals surface area contributed by atoms with Crippen molar-refractivity contribution in [3.63, 3.8) is 0 Å². The number of urea groups is 1. The quantitative estimate of drug-likeness (QED) is 0.743. The second-order valence-corrected chi connectivity index (χ2v) is 5.48. The van der Waals surface area contributed by atoms with Crippen molar-refractivity contribution >= 4 is 23.3 Å². The Hall–Kier alpha value is -1.63. The number of rotatable bonds is 6. The van der Waals surface area contributed by atoms with E-state index in [1.165, 1.54) is 4.88 Å². The average Bonchev–Trinajstić information content (AvgIpc) is 2.84. The summed E-state index contributed by atoms with van der Waals surface area (Å²) in [6, 6.07) is -0.570. The number of carbonyl (C=O) groups excluding carboxylic acids is 1. The molecule has 0 saturated heterocycles. The molecule has 0 aromatic carbocycles. The van der Waals surface area contributed by atoms with E-state index in [-0.39, 0.29) is 18.6 Å². The summed E-state index contributed by atoms with van der Waals surface area (Å²) in [6.07, 6.45) is 2.73. The molecule has 0 fully saturated rings. The number of carboxylic acids is 1. The Morgan fingerprint density at radius 1 is 1.47 bits per heavy atom. The van der Waals surface area contributed by atoms with Crippen molar-refractivity contribution in [3.8, 4) is 0 Å². The van der Waals surface area contributed by atoms with Crippen LogP contribution in [0, 0.1) is 5.92 Å². The Balaban J connectivity index is 2.41. The number of nitrogens with zero attached hydrogens (tertiary/aromatic N) is 1. The molecule has 1 heterocycles. The number of thiazole rings is 1. The van der Waals surface area contributed by atoms with Crippen LogP contribution in [0.5, 0.6) is 0 Å². The first-order chi connectivity index (χ1) is 8.93. The number of nitrogens with one attached hydrogen (secondary N) is 2. The predicted molar refractivity (Wildman–Crippen MR) is 73.2 cm³/mol. The van der Waals surface area contributed by atoms with Crippen molar-refractivity contribution in [1.29, 1.82) is 0 Å². The lowest BCUT2D eigenvalue weighted by Crippen LogP contribution is -2.40. The highest BCUT2D eigenvalue weighted by Crippen LogP contribution is 2.19. The minimum atomic E-state index is -0.930. The van der Waals surface area contributed by atoms with E-state index in [0.29, 0.717) is 0 Å². The van der Waals surface area contributed by atoms with Gasteiger partial charge in [0.05, 0.1) is 12.0 Å². The summed E-state index contributed by atoms with van der Waals surface area (Å²) in [5, 5.41) is 14.8. The van der Waals surface area contributed by atoms with Gasteiger partial charge in [-0.25, -0.2) is 9.78 Å². The van der Waals surface area contributed by atoms with E-state index in [9.17, 15) is 9.59 Å². The van der Waals surface area contributed by atoms with Gasteiger partial charge in [-0.15, -0.1) is 11.3 Å². The third-order valence-corrected chi connectivity index (χ3v) is 3.95. The van der Waals surface area contributed by atoms with Crippen molar-refractivity contribution in [2.45, 2.75) is 33.2 Å². The molecular formula is C12H19N3O3S. The van der Waals surface area contributed by atoms with E-state index in [4.69, 9.17) is 5.11 Å². The first-order valence-corrected chi connectivity index (χ1v) is 6.97. The van der Waals surface area contributed by atoms with Gasteiger partial charge < -0.3 is 15.7 Å². The second-order valence-electron chi connectivity index (χ2n) is 4.33. The van der Waals surface area contributed by atoms with Crippen molar-refractivity contribution in [2.24, 2.45) is 5.92 Å². The molecule has 0 aliphatic heterocycles. The van der Waals surface area contributed by atoms with Crippen LogP contribution in [0.3, 0.4) is 0 Å². The zero-order chi connectivity index (χ0) is 14.4. The van der Waals surface area contributed by atoms with Crippen LogP contribution in [0.4, 0.5) is 4.79 Å². The van der Waals surface area contributed by atoms with Gasteiger partial charge in [0.15, 0.2) is 0 Å². The minimum Gasteiger partial charge on any atom is -0.481 e. The summed E-state index contributed by atoms with van der Waals surface area (Å²) in [5.41, 5.74) is 0. The van der Waals surface area contributed by atoms with E-state index in [0.717, 1.165) is 11.4 Å². The van der Waals surface area contributed by atoms with Crippen LogP contribution < -0.4 is 10.6 Å². The van der Waals surface area contributed by atoms with Gasteiger partial charge in [-0.05, 0) is 13.3 Å². The maximum atomic E-state index is 11.6. The van der Waals surface area contributed by atoms with Crippen LogP contribution in [0.25, 0.3) is 0 Å². The maximum absolute atomic E-state index is 11.6. The number of aryl methyl sites for hydroxylation is 1. The lowest BCUT2D eigenvalue weighted by atomic mass is 10.2. The van der Waals surface area contributed by atoms with Crippen molar-refractivity contribution in [3.05, 3.63) is 16.1 Å². The largest absolute Gasteiger partial charge is 0.481 e. The molecule has 1 aromatic rings. The van der Waals surface area contributed by atoms with Gasteiger partial charge in [-0.2, -0.15) is 0 Å². The fourth-order valence-corrected chi connectivity index (χ4v) is 2.19. The van der Waals surface area contributed by atoms with Crippen LogP contribution in [0.15, 0.2) is 6.20 Å². The summed E-state index contributed by atoms with van der Waals surface area (Å²) in [7, 11) is 0. The van der Waals surface area contributed by atoms with Crippen LogP contribution in [0.1, 0.15) is 36.7 Å². The Labute approximate surface area is 116 Å². The maximum Gasteiger partial charge on any atom is 0.315 e. The fourth-order valence-electron chi connectivity index (χ4n) is 1.33. The Morgan fingerprint density at radius 3 is 2.68 bits per heavy atom. The number of aliphatic carboxylic acids is 1. The van der Waals surface area contributed by atoms with Gasteiger partial charge >= 0.3 is 12.0 Å². The van der Waals surface area contributed by atoms with Gasteiger partial charge in [0.2, 0.25) is 0 Å². The first-order valence-electron chi connectivity index (χ1n) is 6.15. The van der Waals surface area contributed by atoms with E-state index in [2.05, 4.69) is 22.5 Å². The topological polar surface area (TPSA) is 91.3 Å². The summed E-state index contributed by atoms with van der Waals surface area (Å²) in [5.74, 6) is -1.53. The fraction of sp³-hybridized carbons (Fsp3) is 0.583. The Bertz CT molecular complexity index is 447. The van der Waals surface area contributed by atoms with Gasteiger partial charge in [-0.3, -0.25) is 4.79 Å². The molecule has 1 aromatic heterocycles. The van der Waals surface area contributed by atoms with Crippen molar-refractivity contribution < 1.29 is 14.7 Å². The number of hydrogen-bond acceptors (Lipinski definition) is 4. The van der Waals surface area contributed by atoms with Crippen LogP contribution >= 0.6 is 11.3 Å². The molecule has 2 atom stereocenters. The standard InChI is InChI=1S/C12H19N3O3S/c1-4-9-6-13-10(19-9)8(3)15-12(18)14-5-7(2)11(16)17/h6-8H,4-5H2,1-3H3,(H,16,17)(H2,14,15,18). The van der Waals surface area contributed by atoms with Crippen LogP contribution in [-0.4, -0.2) is 28.6 Å². The lowest BCUT2D eigenvalue weighted by Gasteiger charge is -2.13. The molecule has 1 rings (SSSR count). The SMILES string of the molecule is CCc1cnc(C(C)NC(=O)NCC(C)C(=O)O)s1. The third-order valence-electron chi connectivity index (χ3n) is 2.63. The van der Waals surface area contributed by atoms with Crippen LogP contribution in [0.2, 0.25) is 0 Å². The molecule has 0 spiro atoms. The molecule has 0 aliphatic carbocycles. The van der Waals surface area contributed by atoms with Gasteiger partial charge in [0.1, 0.15) is 5.01 Å². The zero-order valence-electron chi connectivity index (χ0n) is 11.3. The molecule has 0 saturated carbocycles. The number of amides is 2. The number of carbonyl (C=O) groups is 2. The lowest BCUT2D eigenvalue weighted by molar-refractivity contribution is -0.140. The Kier molecular flexibility index (Phi) is 5.75. The molecule has 7 heteroatoms. The molecule has 6 nitrogen and oxygen atoms in total. The van der Waals surface area contributed by atoms with Gasteiger partial charge in [0.25, 0.3) is 0 Å². The molecule has 2 amide bonds. The molecule has 19 heavy (non-hydrogen) atoms. The summed E-state index contributed by atoms with van der Waals surface area (Å²) in [6.45, 7) is 5.54. The van der Waals surface area contributed by atoms with Crippen LogP contribution in [-0.2, 0) is 11.2 Å². The molecule has 0 bridgehead atoms. The monoisotopic (exact) mass is 285 g/mol. The van der Waals surface area contributed by atoms with Gasteiger partial charge in [-0.1, -0.05) is 13.8 Å². The molecule has 0 radical (unpaired) electrons. The summed E-state index contributed by atoms with van der Waals surface area (Å²) < 4.78 is 0.